The van der Waals surface area contributed by atoms with Crippen molar-refractivity contribution in [2.24, 2.45) is 5.92 Å². The van der Waals surface area contributed by atoms with Crippen LogP contribution in [0.2, 0.25) is 0 Å². The van der Waals surface area contributed by atoms with Crippen LogP contribution >= 0.6 is 0 Å². The van der Waals surface area contributed by atoms with Gasteiger partial charge in [0.15, 0.2) is 5.79 Å². The summed E-state index contributed by atoms with van der Waals surface area (Å²) in [5.74, 6) is -2.83. The van der Waals surface area contributed by atoms with Gasteiger partial charge in [0.2, 0.25) is 11.8 Å². The Kier molecular flexibility index (Phi) is 6.43. The summed E-state index contributed by atoms with van der Waals surface area (Å²) in [6.07, 6.45) is 0.179. The molecule has 3 aromatic carbocycles. The standard InChI is InChI=1S/C29H28N2O5/c1-3-35-29(2)25-15-14-21(16-22(25)19-36-29)17-24-26(32)30(18-20-10-6-4-7-11-20)28(34)31(27(24)33)23-12-8-5-9-13-23/h4-16,24H,3,17-19H2,1-2H3. The topological polar surface area (TPSA) is 76.2 Å². The number of rotatable bonds is 7. The van der Waals surface area contributed by atoms with Crippen LogP contribution < -0.4 is 4.90 Å². The van der Waals surface area contributed by atoms with Crippen molar-refractivity contribution in [2.45, 2.75) is 39.2 Å². The molecule has 0 saturated carbocycles. The number of imide groups is 2. The zero-order chi connectivity index (χ0) is 25.3. The molecule has 0 aliphatic carbocycles. The van der Waals surface area contributed by atoms with E-state index in [-0.39, 0.29) is 13.0 Å². The van der Waals surface area contributed by atoms with Gasteiger partial charge >= 0.3 is 6.03 Å². The van der Waals surface area contributed by atoms with Crippen molar-refractivity contribution in [1.29, 1.82) is 0 Å². The van der Waals surface area contributed by atoms with Crippen LogP contribution in [-0.4, -0.2) is 29.4 Å². The van der Waals surface area contributed by atoms with Gasteiger partial charge in [-0.3, -0.25) is 14.5 Å². The van der Waals surface area contributed by atoms with Crippen LogP contribution in [0.25, 0.3) is 0 Å². The number of fused-ring (bicyclic) bond motifs is 1. The van der Waals surface area contributed by atoms with Crippen molar-refractivity contribution in [3.05, 3.63) is 101 Å². The first-order valence-corrected chi connectivity index (χ1v) is 12.1. The lowest BCUT2D eigenvalue weighted by molar-refractivity contribution is -0.223. The van der Waals surface area contributed by atoms with Crippen LogP contribution in [0.15, 0.2) is 78.9 Å². The molecule has 1 saturated heterocycles. The Labute approximate surface area is 210 Å². The Morgan fingerprint density at radius 2 is 1.61 bits per heavy atom. The van der Waals surface area contributed by atoms with Gasteiger partial charge in [-0.1, -0.05) is 66.7 Å². The SMILES string of the molecule is CCOC1(C)OCc2cc(CC3C(=O)N(Cc4ccccc4)C(=O)N(c4ccccc4)C3=O)ccc21. The molecule has 184 valence electrons. The lowest BCUT2D eigenvalue weighted by Crippen LogP contribution is -2.60. The number of hydrogen-bond acceptors (Lipinski definition) is 5. The van der Waals surface area contributed by atoms with E-state index in [0.717, 1.165) is 27.2 Å². The number of amides is 4. The highest BCUT2D eigenvalue weighted by Crippen LogP contribution is 2.38. The van der Waals surface area contributed by atoms with Crippen molar-refractivity contribution in [3.8, 4) is 0 Å². The summed E-state index contributed by atoms with van der Waals surface area (Å²) < 4.78 is 11.7. The maximum atomic E-state index is 13.6. The molecule has 3 aromatic rings. The fourth-order valence-electron chi connectivity index (χ4n) is 4.92. The number of hydrogen-bond donors (Lipinski definition) is 0. The maximum absolute atomic E-state index is 13.6. The second-order valence-electron chi connectivity index (χ2n) is 9.12. The van der Waals surface area contributed by atoms with Gasteiger partial charge in [-0.05, 0) is 49.1 Å². The molecular formula is C29H28N2O5. The minimum absolute atomic E-state index is 0.0936. The number of urea groups is 1. The summed E-state index contributed by atoms with van der Waals surface area (Å²) in [6, 6.07) is 23.2. The van der Waals surface area contributed by atoms with E-state index in [0.29, 0.717) is 18.9 Å². The Morgan fingerprint density at radius 1 is 0.917 bits per heavy atom. The highest BCUT2D eigenvalue weighted by atomic mass is 16.7. The van der Waals surface area contributed by atoms with Crippen molar-refractivity contribution in [1.82, 2.24) is 4.90 Å². The van der Waals surface area contributed by atoms with Crippen molar-refractivity contribution in [2.75, 3.05) is 11.5 Å². The molecule has 0 N–H and O–H groups in total. The lowest BCUT2D eigenvalue weighted by atomic mass is 9.91. The zero-order valence-corrected chi connectivity index (χ0v) is 20.3. The normalized spacial score (nSPS) is 21.7. The summed E-state index contributed by atoms with van der Waals surface area (Å²) in [7, 11) is 0. The molecular weight excluding hydrogens is 456 g/mol. The summed E-state index contributed by atoms with van der Waals surface area (Å²) in [5.41, 5.74) is 3.99. The van der Waals surface area contributed by atoms with E-state index < -0.39 is 29.6 Å². The summed E-state index contributed by atoms with van der Waals surface area (Å²) >= 11 is 0. The van der Waals surface area contributed by atoms with E-state index in [9.17, 15) is 14.4 Å². The largest absolute Gasteiger partial charge is 0.346 e. The highest BCUT2D eigenvalue weighted by molar-refractivity contribution is 6.27. The van der Waals surface area contributed by atoms with Gasteiger partial charge in [-0.15, -0.1) is 0 Å². The average molecular weight is 485 g/mol. The zero-order valence-electron chi connectivity index (χ0n) is 20.3. The third kappa shape index (κ3) is 4.32. The van der Waals surface area contributed by atoms with Crippen LogP contribution in [0, 0.1) is 5.92 Å². The minimum Gasteiger partial charge on any atom is -0.346 e. The molecule has 2 atom stereocenters. The average Bonchev–Trinajstić information content (AvgIpc) is 3.21. The van der Waals surface area contributed by atoms with Crippen molar-refractivity contribution < 1.29 is 23.9 Å². The first-order chi connectivity index (χ1) is 17.4. The molecule has 7 nitrogen and oxygen atoms in total. The first kappa shape index (κ1) is 23.9. The third-order valence-corrected chi connectivity index (χ3v) is 6.72. The number of carbonyl (C=O) groups excluding carboxylic acids is 3. The predicted octanol–water partition coefficient (Wildman–Crippen LogP) is 4.78. The molecule has 0 aromatic heterocycles. The van der Waals surface area contributed by atoms with Crippen LogP contribution in [0.4, 0.5) is 10.5 Å². The smallest absolute Gasteiger partial charge is 0.338 e. The Morgan fingerprint density at radius 3 is 2.31 bits per heavy atom. The van der Waals surface area contributed by atoms with Crippen LogP contribution in [0.5, 0.6) is 0 Å². The Balaban J connectivity index is 1.47. The summed E-state index contributed by atoms with van der Waals surface area (Å²) in [6.45, 7) is 4.81. The molecule has 0 radical (unpaired) electrons. The van der Waals surface area contributed by atoms with Gasteiger partial charge in [0.1, 0.15) is 5.92 Å². The molecule has 2 aliphatic rings. The summed E-state index contributed by atoms with van der Waals surface area (Å²) in [5, 5.41) is 0. The molecule has 2 aliphatic heterocycles. The quantitative estimate of drug-likeness (QED) is 0.451. The Bertz CT molecular complexity index is 1290. The monoisotopic (exact) mass is 484 g/mol. The fourth-order valence-corrected chi connectivity index (χ4v) is 4.92. The molecule has 2 unspecified atom stereocenters. The van der Waals surface area contributed by atoms with Gasteiger partial charge in [-0.2, -0.15) is 0 Å². The van der Waals surface area contributed by atoms with E-state index in [4.69, 9.17) is 9.47 Å². The summed E-state index contributed by atoms with van der Waals surface area (Å²) in [4.78, 5) is 42.9. The number of nitrogens with zero attached hydrogens (tertiary/aromatic N) is 2. The minimum atomic E-state index is -1.02. The predicted molar refractivity (Wildman–Crippen MR) is 134 cm³/mol. The fraction of sp³-hybridized carbons (Fsp3) is 0.276. The van der Waals surface area contributed by atoms with Crippen LogP contribution in [0.3, 0.4) is 0 Å². The van der Waals surface area contributed by atoms with E-state index >= 15 is 0 Å². The first-order valence-electron chi connectivity index (χ1n) is 12.1. The number of benzene rings is 3. The van der Waals surface area contributed by atoms with Crippen LogP contribution in [-0.2, 0) is 44.4 Å². The molecule has 1 fully saturated rings. The number of carbonyl (C=O) groups is 3. The molecule has 36 heavy (non-hydrogen) atoms. The number of anilines is 1. The van der Waals surface area contributed by atoms with Gasteiger partial charge in [0.05, 0.1) is 18.8 Å². The lowest BCUT2D eigenvalue weighted by Gasteiger charge is -2.37. The number of para-hydroxylation sites is 1. The molecule has 0 spiro atoms. The van der Waals surface area contributed by atoms with Crippen molar-refractivity contribution >= 4 is 23.5 Å². The Hall–Kier alpha value is -3.81. The van der Waals surface area contributed by atoms with E-state index in [1.54, 1.807) is 24.3 Å². The molecule has 0 bridgehead atoms. The van der Waals surface area contributed by atoms with Gasteiger partial charge < -0.3 is 9.47 Å². The molecule has 7 heteroatoms. The molecule has 4 amide bonds. The maximum Gasteiger partial charge on any atom is 0.338 e. The van der Waals surface area contributed by atoms with Gasteiger partial charge in [-0.25, -0.2) is 9.69 Å². The second kappa shape index (κ2) is 9.68. The van der Waals surface area contributed by atoms with E-state index in [1.165, 1.54) is 4.90 Å². The van der Waals surface area contributed by atoms with Gasteiger partial charge in [0.25, 0.3) is 0 Å². The third-order valence-electron chi connectivity index (χ3n) is 6.72. The van der Waals surface area contributed by atoms with Gasteiger partial charge in [0, 0.05) is 12.2 Å². The number of ether oxygens (including phenoxy) is 2. The van der Waals surface area contributed by atoms with E-state index in [2.05, 4.69) is 0 Å². The molecule has 2 heterocycles. The van der Waals surface area contributed by atoms with Crippen LogP contribution in [0.1, 0.15) is 36.1 Å². The molecule has 5 rings (SSSR count). The van der Waals surface area contributed by atoms with E-state index in [1.807, 2.05) is 68.4 Å². The van der Waals surface area contributed by atoms with Crippen molar-refractivity contribution in [3.63, 3.8) is 0 Å². The second-order valence-corrected chi connectivity index (χ2v) is 9.12. The highest BCUT2D eigenvalue weighted by Gasteiger charge is 2.46. The number of barbiturate groups is 1.